The Morgan fingerprint density at radius 1 is 0.923 bits per heavy atom. The molecule has 65 heavy (non-hydrogen) atoms. The van der Waals surface area contributed by atoms with Crippen LogP contribution in [0.4, 0.5) is 21.0 Å². The van der Waals surface area contributed by atoms with Crippen LogP contribution in [0.3, 0.4) is 0 Å². The van der Waals surface area contributed by atoms with Crippen LogP contribution in [0.2, 0.25) is 0 Å². The lowest BCUT2D eigenvalue weighted by Crippen LogP contribution is -2.52. The van der Waals surface area contributed by atoms with Crippen LogP contribution in [-0.2, 0) is 16.1 Å². The SMILES string of the molecule is CCNC(=O)n1cnc(-c2cc(C(C)C)c(O)cc2O)[n+]1-c1ccc(C(=O)N2CCN(c3cc(C)c(OC(=O)Nc4cccc5c4CN(C4CCC(=O)NC4=O)C5=O)c(C)c3)CC2)cc1. The Morgan fingerprint density at radius 3 is 2.29 bits per heavy atom. The lowest BCUT2D eigenvalue weighted by Gasteiger charge is -2.36. The summed E-state index contributed by atoms with van der Waals surface area (Å²) in [6.45, 7) is 11.8. The van der Waals surface area contributed by atoms with Gasteiger partial charge in [0.1, 0.15) is 28.9 Å². The van der Waals surface area contributed by atoms with Gasteiger partial charge in [-0.3, -0.25) is 29.8 Å². The molecule has 6 amide bonds. The van der Waals surface area contributed by atoms with E-state index in [1.807, 2.05) is 39.8 Å². The van der Waals surface area contributed by atoms with Crippen LogP contribution in [0.5, 0.6) is 17.2 Å². The third-order valence-electron chi connectivity index (χ3n) is 12.0. The van der Waals surface area contributed by atoms with E-state index in [1.54, 1.807) is 65.0 Å². The molecule has 2 fully saturated rings. The van der Waals surface area contributed by atoms with Gasteiger partial charge in [0.15, 0.2) is 5.69 Å². The molecule has 8 rings (SSSR count). The van der Waals surface area contributed by atoms with Crippen LogP contribution < -0.4 is 30.3 Å². The molecule has 0 spiro atoms. The van der Waals surface area contributed by atoms with Gasteiger partial charge in [-0.2, -0.15) is 0 Å². The summed E-state index contributed by atoms with van der Waals surface area (Å²) in [6, 6.07) is 17.3. The Morgan fingerprint density at radius 2 is 1.63 bits per heavy atom. The van der Waals surface area contributed by atoms with Gasteiger partial charge in [-0.25, -0.2) is 9.59 Å². The lowest BCUT2D eigenvalue weighted by atomic mass is 9.98. The van der Waals surface area contributed by atoms with Gasteiger partial charge >= 0.3 is 17.9 Å². The molecule has 5 N–H and O–H groups in total. The average molecular weight is 885 g/mol. The van der Waals surface area contributed by atoms with Gasteiger partial charge in [0, 0.05) is 79.8 Å². The number of hydrogen-bond donors (Lipinski definition) is 5. The number of imide groups is 1. The van der Waals surface area contributed by atoms with Crippen LogP contribution in [0.15, 0.2) is 73.1 Å². The molecule has 3 aliphatic rings. The number of aromatic nitrogens is 3. The number of ether oxygens (including phenoxy) is 1. The summed E-state index contributed by atoms with van der Waals surface area (Å²) in [7, 11) is 0. The third-order valence-corrected chi connectivity index (χ3v) is 12.0. The summed E-state index contributed by atoms with van der Waals surface area (Å²) in [5.74, 6) is -1.06. The van der Waals surface area contributed by atoms with E-state index in [4.69, 9.17) is 4.74 Å². The summed E-state index contributed by atoms with van der Waals surface area (Å²) >= 11 is 0. The number of anilines is 2. The number of nitrogens with one attached hydrogen (secondary N) is 3. The van der Waals surface area contributed by atoms with Crippen LogP contribution in [-0.4, -0.2) is 104 Å². The molecule has 1 aromatic heterocycles. The predicted octanol–water partition coefficient (Wildman–Crippen LogP) is 4.89. The monoisotopic (exact) mass is 884 g/mol. The second-order valence-electron chi connectivity index (χ2n) is 16.6. The van der Waals surface area contributed by atoms with Crippen molar-refractivity contribution in [3.05, 3.63) is 106 Å². The second kappa shape index (κ2) is 17.8. The second-order valence-corrected chi connectivity index (χ2v) is 16.6. The Hall–Kier alpha value is -7.76. The number of phenolic OH excluding ortho intramolecular Hbond substituents is 2. The topological polar surface area (TPSA) is 220 Å². The van der Waals surface area contributed by atoms with Crippen LogP contribution in [0.25, 0.3) is 17.1 Å². The zero-order valence-corrected chi connectivity index (χ0v) is 36.7. The molecule has 0 aliphatic carbocycles. The van der Waals surface area contributed by atoms with Crippen molar-refractivity contribution in [1.29, 1.82) is 0 Å². The Labute approximate surface area is 374 Å². The van der Waals surface area contributed by atoms with Crippen molar-refractivity contribution in [2.24, 2.45) is 0 Å². The molecule has 1 atom stereocenters. The first kappa shape index (κ1) is 43.9. The van der Waals surface area contributed by atoms with E-state index in [2.05, 4.69) is 25.8 Å². The van der Waals surface area contributed by atoms with E-state index in [0.717, 1.165) is 16.8 Å². The van der Waals surface area contributed by atoms with E-state index in [9.17, 15) is 39.0 Å². The number of nitrogens with zero attached hydrogens (tertiary/aromatic N) is 6. The van der Waals surface area contributed by atoms with Gasteiger partial charge in [-0.05, 0) is 109 Å². The number of rotatable bonds is 9. The number of fused-ring (bicyclic) bond motifs is 1. The maximum absolute atomic E-state index is 13.8. The number of piperidine rings is 1. The molecule has 18 heteroatoms. The number of aromatic hydroxyl groups is 2. The molecule has 0 saturated carbocycles. The smallest absolute Gasteiger partial charge is 0.417 e. The minimum absolute atomic E-state index is 0.0481. The van der Waals surface area contributed by atoms with Crippen molar-refractivity contribution >= 4 is 47.1 Å². The number of aryl methyl sites for hydroxylation is 2. The van der Waals surface area contributed by atoms with Crippen LogP contribution >= 0.6 is 0 Å². The van der Waals surface area contributed by atoms with Gasteiger partial charge in [0.2, 0.25) is 11.8 Å². The number of hydrogen-bond acceptors (Lipinski definition) is 11. The zero-order chi connectivity index (χ0) is 46.3. The summed E-state index contributed by atoms with van der Waals surface area (Å²) in [5.41, 5.74) is 5.55. The molecule has 1 unspecified atom stereocenters. The maximum Gasteiger partial charge on any atom is 0.417 e. The van der Waals surface area contributed by atoms with Crippen molar-refractivity contribution in [3.8, 4) is 34.3 Å². The van der Waals surface area contributed by atoms with Gasteiger partial charge < -0.3 is 35.0 Å². The first-order chi connectivity index (χ1) is 31.1. The zero-order valence-electron chi connectivity index (χ0n) is 36.7. The molecule has 2 saturated heterocycles. The summed E-state index contributed by atoms with van der Waals surface area (Å²) in [5, 5.41) is 29.2. The van der Waals surface area contributed by atoms with Crippen molar-refractivity contribution in [1.82, 2.24) is 30.1 Å². The van der Waals surface area contributed by atoms with E-state index < -0.39 is 24.1 Å². The Bertz CT molecular complexity index is 2730. The molecular formula is C47H50N9O9+. The fourth-order valence-electron chi connectivity index (χ4n) is 8.66. The molecule has 4 aromatic carbocycles. The summed E-state index contributed by atoms with van der Waals surface area (Å²) in [6.07, 6.45) is 0.968. The number of carbonyl (C=O) groups excluding carboxylic acids is 6. The highest BCUT2D eigenvalue weighted by Crippen LogP contribution is 2.37. The van der Waals surface area contributed by atoms with Crippen LogP contribution in [0, 0.1) is 13.8 Å². The van der Waals surface area contributed by atoms with Crippen molar-refractivity contribution in [2.45, 2.75) is 66.0 Å². The van der Waals surface area contributed by atoms with Gasteiger partial charge in [0.25, 0.3) is 18.1 Å². The minimum Gasteiger partial charge on any atom is -0.508 e. The molecule has 0 radical (unpaired) electrons. The first-order valence-electron chi connectivity index (χ1n) is 21.5. The van der Waals surface area contributed by atoms with Crippen LogP contribution in [0.1, 0.15) is 82.5 Å². The molecule has 0 bridgehead atoms. The number of benzene rings is 4. The fraction of sp³-hybridized carbons (Fsp3) is 0.319. The molecule has 3 aliphatic heterocycles. The van der Waals surface area contributed by atoms with Gasteiger partial charge in [-0.15, -0.1) is 4.68 Å². The van der Waals surface area contributed by atoms with E-state index >= 15 is 0 Å². The molecule has 336 valence electrons. The van der Waals surface area contributed by atoms with Gasteiger partial charge in [-0.1, -0.05) is 24.6 Å². The minimum atomic E-state index is -0.785. The molecular weight excluding hydrogens is 835 g/mol. The highest BCUT2D eigenvalue weighted by Gasteiger charge is 2.40. The largest absolute Gasteiger partial charge is 0.508 e. The summed E-state index contributed by atoms with van der Waals surface area (Å²) < 4.78 is 8.65. The summed E-state index contributed by atoms with van der Waals surface area (Å²) in [4.78, 5) is 87.6. The number of carbonyl (C=O) groups is 6. The quantitative estimate of drug-likeness (QED) is 0.0992. The van der Waals surface area contributed by atoms with Crippen molar-refractivity contribution in [3.63, 3.8) is 0 Å². The molecule has 18 nitrogen and oxygen atoms in total. The maximum atomic E-state index is 13.8. The number of piperazine rings is 1. The lowest BCUT2D eigenvalue weighted by molar-refractivity contribution is -0.662. The highest BCUT2D eigenvalue weighted by atomic mass is 16.6. The predicted molar refractivity (Wildman–Crippen MR) is 237 cm³/mol. The molecule has 5 aromatic rings. The van der Waals surface area contributed by atoms with Gasteiger partial charge in [0.05, 0.1) is 0 Å². The Kier molecular flexibility index (Phi) is 12.0. The fourth-order valence-corrected chi connectivity index (χ4v) is 8.66. The standard InChI is InChI=1S/C47H49N9O9/c1-6-48-46(63)55-25-49-42(34-22-33(26(2)3)38(57)23-39(34)58)56(55)30-12-10-29(11-13-30)44(61)53-18-16-52(17-19-53)31-20-27(4)41(28(5)21-31)65-47(64)50-36-9-7-8-32-35(36)24-54(45(32)62)37-14-15-40(59)51-43(37)60/h7-13,20-23,25-26,37H,6,14-19,24H2,1-5H3,(H4,48,50,51,57,58,59,60,63,64)/p+1. The number of amides is 6. The highest BCUT2D eigenvalue weighted by molar-refractivity contribution is 6.06. The van der Waals surface area contributed by atoms with E-state index in [0.29, 0.717) is 77.7 Å². The van der Waals surface area contributed by atoms with Crippen molar-refractivity contribution < 1.29 is 48.4 Å². The first-order valence-corrected chi connectivity index (χ1v) is 21.5. The molecule has 4 heterocycles. The Balaban J connectivity index is 0.915. The number of phenols is 2. The van der Waals surface area contributed by atoms with E-state index in [1.165, 1.54) is 22.0 Å². The van der Waals surface area contributed by atoms with E-state index in [-0.39, 0.29) is 60.3 Å². The third kappa shape index (κ3) is 8.53. The normalized spacial score (nSPS) is 16.1. The van der Waals surface area contributed by atoms with Crippen molar-refractivity contribution in [2.75, 3.05) is 42.9 Å². The average Bonchev–Trinajstić information content (AvgIpc) is 3.87.